The lowest BCUT2D eigenvalue weighted by Crippen LogP contribution is -2.43. The van der Waals surface area contributed by atoms with Crippen LogP contribution in [0.15, 0.2) is 0 Å². The van der Waals surface area contributed by atoms with Gasteiger partial charge in [-0.05, 0) is 27.2 Å². The van der Waals surface area contributed by atoms with E-state index in [1.165, 1.54) is 12.0 Å². The molecule has 2 rings (SSSR count). The van der Waals surface area contributed by atoms with E-state index in [0.717, 1.165) is 0 Å². The van der Waals surface area contributed by atoms with Gasteiger partial charge in [-0.15, -0.1) is 10.2 Å². The molecule has 0 unspecified atom stereocenters. The van der Waals surface area contributed by atoms with Gasteiger partial charge in [0.1, 0.15) is 11.6 Å². The first-order chi connectivity index (χ1) is 9.81. The summed E-state index contributed by atoms with van der Waals surface area (Å²) in [6.07, 6.45) is -0.172. The first-order valence-corrected chi connectivity index (χ1v) is 6.62. The van der Waals surface area contributed by atoms with Gasteiger partial charge in [0.15, 0.2) is 5.82 Å². The molecule has 9 nitrogen and oxygen atoms in total. The molecule has 0 aromatic carbocycles. The van der Waals surface area contributed by atoms with Crippen molar-refractivity contribution in [2.24, 2.45) is 0 Å². The molecule has 1 saturated heterocycles. The van der Waals surface area contributed by atoms with Crippen LogP contribution in [0, 0.1) is 0 Å². The van der Waals surface area contributed by atoms with Crippen LogP contribution in [-0.2, 0) is 14.3 Å². The topological polar surface area (TPSA) is 110 Å². The van der Waals surface area contributed by atoms with Gasteiger partial charge in [-0.3, -0.25) is 4.90 Å². The molecule has 21 heavy (non-hydrogen) atoms. The summed E-state index contributed by atoms with van der Waals surface area (Å²) in [7, 11) is 1.29. The Labute approximate surface area is 122 Å². The summed E-state index contributed by atoms with van der Waals surface area (Å²) in [5.41, 5.74) is -0.637. The van der Waals surface area contributed by atoms with Crippen LogP contribution >= 0.6 is 0 Å². The number of carbonyl (C=O) groups is 2. The lowest BCUT2D eigenvalue weighted by molar-refractivity contribution is -0.145. The fourth-order valence-electron chi connectivity index (χ4n) is 2.25. The maximum absolute atomic E-state index is 12.2. The van der Waals surface area contributed by atoms with E-state index in [4.69, 9.17) is 9.47 Å². The predicted molar refractivity (Wildman–Crippen MR) is 70.3 cm³/mol. The second-order valence-corrected chi connectivity index (χ2v) is 5.87. The van der Waals surface area contributed by atoms with Crippen molar-refractivity contribution in [1.82, 2.24) is 25.5 Å². The van der Waals surface area contributed by atoms with Crippen molar-refractivity contribution in [2.75, 3.05) is 13.7 Å². The molecule has 0 bridgehead atoms. The summed E-state index contributed by atoms with van der Waals surface area (Å²) in [6.45, 7) is 5.59. The van der Waals surface area contributed by atoms with E-state index in [1.54, 1.807) is 20.8 Å². The van der Waals surface area contributed by atoms with Crippen LogP contribution in [0.3, 0.4) is 0 Å². The number of tetrazole rings is 1. The number of methoxy groups -OCH3 is 1. The number of amides is 1. The number of H-pyrrole nitrogens is 1. The predicted octanol–water partition coefficient (Wildman–Crippen LogP) is 0.466. The minimum Gasteiger partial charge on any atom is -0.467 e. The second kappa shape index (κ2) is 5.66. The van der Waals surface area contributed by atoms with Crippen molar-refractivity contribution in [3.63, 3.8) is 0 Å². The first-order valence-electron chi connectivity index (χ1n) is 6.62. The lowest BCUT2D eigenvalue weighted by Gasteiger charge is -2.27. The molecular formula is C12H19N5O4. The molecule has 116 valence electrons. The van der Waals surface area contributed by atoms with Crippen LogP contribution in [-0.4, -0.2) is 62.9 Å². The van der Waals surface area contributed by atoms with Crippen molar-refractivity contribution in [2.45, 2.75) is 44.8 Å². The lowest BCUT2D eigenvalue weighted by atomic mass is 10.1. The number of carbonyl (C=O) groups excluding carboxylic acids is 2. The van der Waals surface area contributed by atoms with E-state index in [-0.39, 0.29) is 12.5 Å². The van der Waals surface area contributed by atoms with E-state index in [0.29, 0.717) is 12.2 Å². The Hall–Kier alpha value is -2.19. The fraction of sp³-hybridized carbons (Fsp3) is 0.750. The monoisotopic (exact) mass is 297 g/mol. The van der Waals surface area contributed by atoms with Gasteiger partial charge < -0.3 is 9.47 Å². The van der Waals surface area contributed by atoms with Gasteiger partial charge in [0.2, 0.25) is 0 Å². The Kier molecular flexibility index (Phi) is 4.10. The van der Waals surface area contributed by atoms with E-state index in [1.807, 2.05) is 0 Å². The summed E-state index contributed by atoms with van der Waals surface area (Å²) in [6, 6.07) is -0.701. The number of nitrogens with zero attached hydrogens (tertiary/aromatic N) is 4. The maximum atomic E-state index is 12.2. The molecular weight excluding hydrogens is 278 g/mol. The van der Waals surface area contributed by atoms with Crippen LogP contribution in [0.4, 0.5) is 4.79 Å². The van der Waals surface area contributed by atoms with Crippen LogP contribution in [0.2, 0.25) is 0 Å². The van der Waals surface area contributed by atoms with Crippen molar-refractivity contribution < 1.29 is 19.1 Å². The average molecular weight is 297 g/mol. The molecule has 1 aromatic heterocycles. The van der Waals surface area contributed by atoms with E-state index < -0.39 is 23.7 Å². The third-order valence-electron chi connectivity index (χ3n) is 3.13. The van der Waals surface area contributed by atoms with E-state index in [9.17, 15) is 9.59 Å². The van der Waals surface area contributed by atoms with Gasteiger partial charge in [-0.1, -0.05) is 5.21 Å². The summed E-state index contributed by atoms with van der Waals surface area (Å²) >= 11 is 0. The molecule has 2 heterocycles. The van der Waals surface area contributed by atoms with E-state index >= 15 is 0 Å². The number of nitrogens with one attached hydrogen (secondary N) is 1. The molecule has 1 amide bonds. The molecule has 2 atom stereocenters. The highest BCUT2D eigenvalue weighted by molar-refractivity contribution is 5.82. The number of hydrogen-bond donors (Lipinski definition) is 1. The summed E-state index contributed by atoms with van der Waals surface area (Å²) in [5.74, 6) is -0.192. The largest absolute Gasteiger partial charge is 0.467 e. The van der Waals surface area contributed by atoms with Crippen molar-refractivity contribution in [1.29, 1.82) is 0 Å². The standard InChI is InChI=1S/C12H19N5O4/c1-12(2,3)21-11(19)17-6-7(9-13-15-16-14-9)5-8(17)10(18)20-4/h7-8H,5-6H2,1-4H3,(H,13,14,15,16)/t7-,8+/m0/s1. The molecule has 0 aliphatic carbocycles. The van der Waals surface area contributed by atoms with Gasteiger partial charge in [0.05, 0.1) is 7.11 Å². The number of aromatic nitrogens is 4. The van der Waals surface area contributed by atoms with Gasteiger partial charge >= 0.3 is 12.1 Å². The summed E-state index contributed by atoms with van der Waals surface area (Å²) < 4.78 is 10.1. The molecule has 1 aromatic rings. The molecule has 0 radical (unpaired) electrons. The average Bonchev–Trinajstić information content (AvgIpc) is 3.04. The maximum Gasteiger partial charge on any atom is 0.411 e. The van der Waals surface area contributed by atoms with Crippen molar-refractivity contribution >= 4 is 12.1 Å². The fourth-order valence-corrected chi connectivity index (χ4v) is 2.25. The zero-order valence-electron chi connectivity index (χ0n) is 12.5. The third kappa shape index (κ3) is 3.47. The quantitative estimate of drug-likeness (QED) is 0.790. The van der Waals surface area contributed by atoms with Gasteiger partial charge in [-0.25, -0.2) is 9.59 Å². The Bertz CT molecular complexity index is 510. The Balaban J connectivity index is 2.16. The van der Waals surface area contributed by atoms with Crippen LogP contribution in [0.1, 0.15) is 38.9 Å². The zero-order chi connectivity index (χ0) is 15.6. The van der Waals surface area contributed by atoms with Crippen LogP contribution < -0.4 is 0 Å². The second-order valence-electron chi connectivity index (χ2n) is 5.87. The summed E-state index contributed by atoms with van der Waals surface area (Å²) in [5, 5.41) is 13.7. The Morgan fingerprint density at radius 2 is 2.10 bits per heavy atom. The van der Waals surface area contributed by atoms with Gasteiger partial charge in [0, 0.05) is 12.5 Å². The SMILES string of the molecule is COC(=O)[C@H]1C[C@H](c2nn[nH]n2)CN1C(=O)OC(C)(C)C. The number of esters is 1. The summed E-state index contributed by atoms with van der Waals surface area (Å²) in [4.78, 5) is 25.5. The highest BCUT2D eigenvalue weighted by Crippen LogP contribution is 2.31. The zero-order valence-corrected chi connectivity index (χ0v) is 12.5. The minimum atomic E-state index is -0.701. The van der Waals surface area contributed by atoms with Crippen LogP contribution in [0.5, 0.6) is 0 Å². The normalized spacial score (nSPS) is 22.2. The molecule has 0 spiro atoms. The molecule has 0 saturated carbocycles. The number of likely N-dealkylation sites (tertiary alicyclic amines) is 1. The van der Waals surface area contributed by atoms with Crippen molar-refractivity contribution in [3.8, 4) is 0 Å². The van der Waals surface area contributed by atoms with Crippen molar-refractivity contribution in [3.05, 3.63) is 5.82 Å². The minimum absolute atomic E-state index is 0.180. The number of ether oxygens (including phenoxy) is 2. The third-order valence-corrected chi connectivity index (χ3v) is 3.13. The molecule has 1 fully saturated rings. The smallest absolute Gasteiger partial charge is 0.411 e. The van der Waals surface area contributed by atoms with Gasteiger partial charge in [-0.2, -0.15) is 5.21 Å². The van der Waals surface area contributed by atoms with E-state index in [2.05, 4.69) is 20.6 Å². The molecule has 9 heteroatoms. The highest BCUT2D eigenvalue weighted by atomic mass is 16.6. The number of aromatic amines is 1. The molecule has 1 aliphatic heterocycles. The van der Waals surface area contributed by atoms with Crippen LogP contribution in [0.25, 0.3) is 0 Å². The van der Waals surface area contributed by atoms with Gasteiger partial charge in [0.25, 0.3) is 0 Å². The number of hydrogen-bond acceptors (Lipinski definition) is 7. The highest BCUT2D eigenvalue weighted by Gasteiger charge is 2.43. The Morgan fingerprint density at radius 1 is 1.38 bits per heavy atom. The Morgan fingerprint density at radius 3 is 2.62 bits per heavy atom. The number of rotatable bonds is 2. The molecule has 1 N–H and O–H groups in total. The molecule has 1 aliphatic rings. The first kappa shape index (κ1) is 15.2.